The zero-order valence-electron chi connectivity index (χ0n) is 11.5. The fraction of sp³-hybridized carbons (Fsp3) is 0.529. The molecule has 0 unspecified atom stereocenters. The van der Waals surface area contributed by atoms with Gasteiger partial charge in [0.25, 0.3) is 0 Å². The Morgan fingerprint density at radius 1 is 1.17 bits per heavy atom. The number of hydrogen-bond donors (Lipinski definition) is 1. The molecule has 0 radical (unpaired) electrons. The van der Waals surface area contributed by atoms with Crippen LogP contribution >= 0.6 is 0 Å². The third-order valence-corrected chi connectivity index (χ3v) is 4.06. The summed E-state index contributed by atoms with van der Waals surface area (Å²) in [7, 11) is 0. The van der Waals surface area contributed by atoms with E-state index in [2.05, 4.69) is 37.3 Å². The summed E-state index contributed by atoms with van der Waals surface area (Å²) < 4.78 is 0. The lowest BCUT2D eigenvalue weighted by Gasteiger charge is -2.22. The molecule has 0 spiro atoms. The Bertz CT molecular complexity index is 383. The van der Waals surface area contributed by atoms with E-state index in [4.69, 9.17) is 5.73 Å². The second kappa shape index (κ2) is 6.75. The summed E-state index contributed by atoms with van der Waals surface area (Å²) >= 11 is 0. The lowest BCUT2D eigenvalue weighted by molar-refractivity contribution is 0.443. The van der Waals surface area contributed by atoms with Crippen LogP contribution in [-0.2, 0) is 0 Å². The standard InChI is InChI=1S/C17H25N/c1-14(6-5-13-18)15-9-11-17(12-10-15)16-7-3-2-4-8-16/h6,9-12,16H,2-5,7-8,13,18H2,1H3/b14-6+. The van der Waals surface area contributed by atoms with Crippen molar-refractivity contribution in [1.29, 1.82) is 0 Å². The maximum atomic E-state index is 5.53. The molecule has 0 saturated heterocycles. The molecule has 98 valence electrons. The van der Waals surface area contributed by atoms with Crippen LogP contribution in [0.1, 0.15) is 62.5 Å². The molecule has 1 aliphatic rings. The van der Waals surface area contributed by atoms with Crippen molar-refractivity contribution in [2.45, 2.75) is 51.4 Å². The molecule has 1 heteroatoms. The highest BCUT2D eigenvalue weighted by molar-refractivity contribution is 5.63. The summed E-state index contributed by atoms with van der Waals surface area (Å²) in [5.41, 5.74) is 9.74. The molecule has 0 bridgehead atoms. The zero-order chi connectivity index (χ0) is 12.8. The summed E-state index contributed by atoms with van der Waals surface area (Å²) in [6.45, 7) is 2.91. The van der Waals surface area contributed by atoms with Crippen LogP contribution in [0.2, 0.25) is 0 Å². The van der Waals surface area contributed by atoms with Crippen molar-refractivity contribution in [2.75, 3.05) is 6.54 Å². The molecule has 0 heterocycles. The molecule has 1 aliphatic carbocycles. The van der Waals surface area contributed by atoms with Gasteiger partial charge in [-0.25, -0.2) is 0 Å². The molecular formula is C17H25N. The van der Waals surface area contributed by atoms with Crippen LogP contribution < -0.4 is 5.73 Å². The predicted molar refractivity (Wildman–Crippen MR) is 79.6 cm³/mol. The molecule has 0 aliphatic heterocycles. The predicted octanol–water partition coefficient (Wildman–Crippen LogP) is 4.49. The first kappa shape index (κ1) is 13.4. The summed E-state index contributed by atoms with van der Waals surface area (Å²) in [6.07, 6.45) is 10.2. The van der Waals surface area contributed by atoms with Gasteiger partial charge in [-0.2, -0.15) is 0 Å². The van der Waals surface area contributed by atoms with Gasteiger partial charge in [0.1, 0.15) is 0 Å². The first-order valence-electron chi connectivity index (χ1n) is 7.28. The van der Waals surface area contributed by atoms with Crippen LogP contribution in [0.25, 0.3) is 5.57 Å². The Morgan fingerprint density at radius 2 is 1.83 bits per heavy atom. The van der Waals surface area contributed by atoms with Crippen LogP contribution in [0.4, 0.5) is 0 Å². The monoisotopic (exact) mass is 243 g/mol. The van der Waals surface area contributed by atoms with E-state index in [1.807, 2.05) is 0 Å². The summed E-state index contributed by atoms with van der Waals surface area (Å²) in [6, 6.07) is 9.19. The highest BCUT2D eigenvalue weighted by atomic mass is 14.5. The van der Waals surface area contributed by atoms with Crippen LogP contribution in [-0.4, -0.2) is 6.54 Å². The maximum Gasteiger partial charge on any atom is -0.00424 e. The van der Waals surface area contributed by atoms with Crippen LogP contribution in [0.5, 0.6) is 0 Å². The molecule has 1 saturated carbocycles. The molecule has 2 rings (SSSR count). The van der Waals surface area contributed by atoms with Crippen molar-refractivity contribution < 1.29 is 0 Å². The van der Waals surface area contributed by atoms with Gasteiger partial charge >= 0.3 is 0 Å². The largest absolute Gasteiger partial charge is 0.330 e. The van der Waals surface area contributed by atoms with Crippen molar-refractivity contribution in [2.24, 2.45) is 5.73 Å². The van der Waals surface area contributed by atoms with Gasteiger partial charge in [0.15, 0.2) is 0 Å². The Hall–Kier alpha value is -1.08. The third-order valence-electron chi connectivity index (χ3n) is 4.06. The molecule has 0 aromatic heterocycles. The minimum Gasteiger partial charge on any atom is -0.330 e. The fourth-order valence-corrected chi connectivity index (χ4v) is 2.87. The molecule has 18 heavy (non-hydrogen) atoms. The van der Waals surface area contributed by atoms with Gasteiger partial charge < -0.3 is 5.73 Å². The van der Waals surface area contributed by atoms with E-state index in [-0.39, 0.29) is 0 Å². The average Bonchev–Trinajstić information content (AvgIpc) is 2.46. The summed E-state index contributed by atoms with van der Waals surface area (Å²) in [5.74, 6) is 0.807. The molecule has 1 aromatic rings. The summed E-state index contributed by atoms with van der Waals surface area (Å²) in [5, 5.41) is 0. The Morgan fingerprint density at radius 3 is 2.44 bits per heavy atom. The van der Waals surface area contributed by atoms with Crippen LogP contribution in [0.3, 0.4) is 0 Å². The van der Waals surface area contributed by atoms with Crippen molar-refractivity contribution in [3.8, 4) is 0 Å². The van der Waals surface area contributed by atoms with E-state index in [9.17, 15) is 0 Å². The van der Waals surface area contributed by atoms with E-state index in [0.717, 1.165) is 18.9 Å². The molecule has 0 atom stereocenters. The second-order valence-electron chi connectivity index (χ2n) is 5.42. The van der Waals surface area contributed by atoms with Gasteiger partial charge in [0.2, 0.25) is 0 Å². The fourth-order valence-electron chi connectivity index (χ4n) is 2.87. The van der Waals surface area contributed by atoms with Gasteiger partial charge in [0, 0.05) is 0 Å². The number of allylic oxidation sites excluding steroid dienone is 1. The molecular weight excluding hydrogens is 218 g/mol. The quantitative estimate of drug-likeness (QED) is 0.828. The highest BCUT2D eigenvalue weighted by Crippen LogP contribution is 2.33. The topological polar surface area (TPSA) is 26.0 Å². The lowest BCUT2D eigenvalue weighted by Crippen LogP contribution is -2.04. The summed E-state index contributed by atoms with van der Waals surface area (Å²) in [4.78, 5) is 0. The van der Waals surface area contributed by atoms with E-state index >= 15 is 0 Å². The van der Waals surface area contributed by atoms with Gasteiger partial charge in [-0.3, -0.25) is 0 Å². The van der Waals surface area contributed by atoms with E-state index < -0.39 is 0 Å². The SMILES string of the molecule is C/C(=C\CCN)c1ccc(C2CCCCC2)cc1. The minimum absolute atomic E-state index is 0.734. The van der Waals surface area contributed by atoms with E-state index in [1.54, 1.807) is 0 Å². The number of benzene rings is 1. The Balaban J connectivity index is 2.04. The number of rotatable bonds is 4. The molecule has 1 fully saturated rings. The first-order valence-corrected chi connectivity index (χ1v) is 7.28. The van der Waals surface area contributed by atoms with E-state index in [1.165, 1.54) is 48.8 Å². The smallest absolute Gasteiger partial charge is 0.00424 e. The number of nitrogens with two attached hydrogens (primary N) is 1. The van der Waals surface area contributed by atoms with Crippen molar-refractivity contribution in [3.63, 3.8) is 0 Å². The zero-order valence-corrected chi connectivity index (χ0v) is 11.5. The van der Waals surface area contributed by atoms with Crippen molar-refractivity contribution in [1.82, 2.24) is 0 Å². The first-order chi connectivity index (χ1) is 8.81. The van der Waals surface area contributed by atoms with Gasteiger partial charge in [0.05, 0.1) is 0 Å². The number of hydrogen-bond acceptors (Lipinski definition) is 1. The van der Waals surface area contributed by atoms with Crippen LogP contribution in [0, 0.1) is 0 Å². The molecule has 1 nitrogen and oxygen atoms in total. The van der Waals surface area contributed by atoms with Crippen molar-refractivity contribution >= 4 is 5.57 Å². The van der Waals surface area contributed by atoms with Gasteiger partial charge in [-0.1, -0.05) is 49.6 Å². The normalized spacial score (nSPS) is 18.0. The average molecular weight is 243 g/mol. The molecule has 2 N–H and O–H groups in total. The maximum absolute atomic E-state index is 5.53. The Kier molecular flexibility index (Phi) is 5.00. The third kappa shape index (κ3) is 3.46. The highest BCUT2D eigenvalue weighted by Gasteiger charge is 2.14. The van der Waals surface area contributed by atoms with Crippen LogP contribution in [0.15, 0.2) is 30.3 Å². The van der Waals surface area contributed by atoms with Gasteiger partial charge in [-0.05, 0) is 55.3 Å². The Labute approximate surface area is 111 Å². The minimum atomic E-state index is 0.734. The van der Waals surface area contributed by atoms with Gasteiger partial charge in [-0.15, -0.1) is 0 Å². The molecule has 0 amide bonds. The van der Waals surface area contributed by atoms with E-state index in [0.29, 0.717) is 0 Å². The van der Waals surface area contributed by atoms with Crippen molar-refractivity contribution in [3.05, 3.63) is 41.5 Å². The molecule has 1 aromatic carbocycles. The second-order valence-corrected chi connectivity index (χ2v) is 5.42. The lowest BCUT2D eigenvalue weighted by atomic mass is 9.84.